The van der Waals surface area contributed by atoms with E-state index < -0.39 is 84.7 Å². The van der Waals surface area contributed by atoms with Crippen molar-refractivity contribution in [1.29, 1.82) is 0 Å². The van der Waals surface area contributed by atoms with Crippen molar-refractivity contribution in [1.82, 2.24) is 74.3 Å². The minimum atomic E-state index is -4.63. The molecule has 564 valence electrons. The Kier molecular flexibility index (Phi) is 30.7. The van der Waals surface area contributed by atoms with Crippen LogP contribution in [-0.4, -0.2) is 203 Å². The lowest BCUT2D eigenvalue weighted by atomic mass is 9.98. The third kappa shape index (κ3) is 25.1. The minimum absolute atomic E-state index is 0.00477. The molecule has 10 N–H and O–H groups in total. The van der Waals surface area contributed by atoms with E-state index in [2.05, 4.69) is 66.6 Å². The summed E-state index contributed by atoms with van der Waals surface area (Å²) in [4.78, 5) is 54.3. The lowest BCUT2D eigenvalue weighted by Crippen LogP contribution is -2.46. The Hall–Kier alpha value is -6.63. The number of Topliss-reactive ketones (excluding diaryl/α,β-unsaturated/α-hetero) is 1. The van der Waals surface area contributed by atoms with Crippen LogP contribution >= 0.6 is 0 Å². The molecule has 0 aromatic carbocycles. The Morgan fingerprint density at radius 3 is 1.13 bits per heavy atom. The second-order valence-corrected chi connectivity index (χ2v) is 24.5. The van der Waals surface area contributed by atoms with Crippen LogP contribution in [-0.2, 0) is 40.4 Å². The van der Waals surface area contributed by atoms with Crippen LogP contribution in [0.3, 0.4) is 0 Å². The Balaban J connectivity index is 0.000000199. The maximum absolute atomic E-state index is 13.4. The number of aromatic nitrogens is 10. The van der Waals surface area contributed by atoms with Crippen LogP contribution in [0, 0.1) is 0 Å². The first kappa shape index (κ1) is 83.3. The number of ketones is 1. The van der Waals surface area contributed by atoms with Crippen LogP contribution in [0.1, 0.15) is 159 Å². The number of halogens is 18. The molecule has 101 heavy (non-hydrogen) atoms. The molecule has 0 radical (unpaired) electrons. The van der Waals surface area contributed by atoms with E-state index in [9.17, 15) is 83.8 Å². The van der Waals surface area contributed by atoms with Crippen LogP contribution in [0.5, 0.6) is 0 Å². The molecule has 8 atom stereocenters. The summed E-state index contributed by atoms with van der Waals surface area (Å²) in [5.74, 6) is -8.55. The summed E-state index contributed by atoms with van der Waals surface area (Å²) in [6.07, 6.45) is -6.27. The quantitative estimate of drug-likeness (QED) is 0.0611. The number of likely N-dealkylation sites (tertiary alicyclic amines) is 4. The minimum Gasteiger partial charge on any atom is -0.376 e. The van der Waals surface area contributed by atoms with Gasteiger partial charge < -0.3 is 33.4 Å². The van der Waals surface area contributed by atoms with Gasteiger partial charge in [-0.05, 0) is 78.6 Å². The summed E-state index contributed by atoms with van der Waals surface area (Å²) in [5, 5.41) is 0. The number of carbonyl (C=O) groups is 1. The van der Waals surface area contributed by atoms with Gasteiger partial charge in [-0.2, -0.15) is 65.9 Å². The highest BCUT2D eigenvalue weighted by Crippen LogP contribution is 2.36. The van der Waals surface area contributed by atoms with E-state index in [1.807, 2.05) is 16.7 Å². The second-order valence-electron chi connectivity index (χ2n) is 24.5. The molecule has 5 aliphatic rings. The van der Waals surface area contributed by atoms with E-state index in [4.69, 9.17) is 33.4 Å². The third-order valence-corrected chi connectivity index (χ3v) is 17.1. The lowest BCUT2D eigenvalue weighted by molar-refractivity contribution is -0.145. The number of morpholine rings is 1. The zero-order valence-electron chi connectivity index (χ0n) is 55.1. The fourth-order valence-corrected chi connectivity index (χ4v) is 12.1. The van der Waals surface area contributed by atoms with Crippen LogP contribution in [0.15, 0.2) is 62.0 Å². The predicted octanol–water partition coefficient (Wildman–Crippen LogP) is 8.90. The standard InChI is InChI=1S/C13H19F3N4.C12H15F5N4.C12H16F4N4.C12H17F3N4O.C12H15F3N4O/c1-9-4-2-3-5-20(9)11(6-17)10-7-18-12(19-8-10)13(14,15)16;13-11(14)2-1-3-21(7-11)9(4-18)8-5-19-10(20-6-8)12(15,16)17;13-9-2-1-3-20(7-9)10(4-17)8-5-18-11(19-6-8)12(14,15)16;1-8-7-19(2-3-20-8)10(4-16)9-5-17-11(18-6-9)12(13,14)15;13-12(14,15)11-17-5-8(6-18-11)10(4-16)19-3-1-2-9(20)7-19/h7-9,11H,2-6,17H2,1H3;5-6,9H,1-4,7,18H2;5-6,9-10H,1-4,7,17H2;5-6,8,10H,2-4,7,16H2,1H3;5-6,10H,1-4,7,16H2. The van der Waals surface area contributed by atoms with E-state index >= 15 is 0 Å². The third-order valence-electron chi connectivity index (χ3n) is 17.1. The number of ether oxygens (including phenoxy) is 1. The summed E-state index contributed by atoms with van der Waals surface area (Å²) in [5.41, 5.74) is 31.0. The fraction of sp³-hybridized carbons (Fsp3) is 0.656. The molecule has 0 amide bonds. The van der Waals surface area contributed by atoms with Crippen LogP contribution in [0.2, 0.25) is 0 Å². The molecule has 22 nitrogen and oxygen atoms in total. The summed E-state index contributed by atoms with van der Waals surface area (Å²) in [6.45, 7) is 9.77. The van der Waals surface area contributed by atoms with Gasteiger partial charge >= 0.3 is 30.9 Å². The van der Waals surface area contributed by atoms with Gasteiger partial charge in [0.2, 0.25) is 29.1 Å². The summed E-state index contributed by atoms with van der Waals surface area (Å²) < 4.78 is 232. The van der Waals surface area contributed by atoms with Gasteiger partial charge in [-0.1, -0.05) is 6.42 Å². The molecule has 0 saturated carbocycles. The molecular formula is C61H82F18N20O2. The van der Waals surface area contributed by atoms with Gasteiger partial charge in [-0.3, -0.25) is 29.3 Å². The molecule has 10 heterocycles. The van der Waals surface area contributed by atoms with Crippen molar-refractivity contribution in [2.45, 2.75) is 157 Å². The molecular weight excluding hydrogens is 1390 g/mol. The van der Waals surface area contributed by atoms with Crippen molar-refractivity contribution in [3.05, 3.63) is 119 Å². The normalized spacial score (nSPS) is 21.7. The highest BCUT2D eigenvalue weighted by atomic mass is 19.4. The zero-order chi connectivity index (χ0) is 74.7. The number of hydrogen-bond donors (Lipinski definition) is 5. The molecule has 0 bridgehead atoms. The molecule has 10 rings (SSSR count). The van der Waals surface area contributed by atoms with Gasteiger partial charge in [-0.25, -0.2) is 63.0 Å². The van der Waals surface area contributed by atoms with Crippen molar-refractivity contribution in [2.75, 3.05) is 98.2 Å². The second kappa shape index (κ2) is 37.2. The molecule has 0 aliphatic carbocycles. The Labute approximate surface area is 570 Å². The summed E-state index contributed by atoms with van der Waals surface area (Å²) >= 11 is 0. The van der Waals surface area contributed by atoms with Crippen molar-refractivity contribution in [2.24, 2.45) is 28.7 Å². The van der Waals surface area contributed by atoms with E-state index in [1.165, 1.54) is 36.1 Å². The summed E-state index contributed by atoms with van der Waals surface area (Å²) in [7, 11) is 0. The Bertz CT molecular complexity index is 3170. The maximum atomic E-state index is 13.4. The van der Waals surface area contributed by atoms with E-state index in [0.717, 1.165) is 63.0 Å². The molecule has 5 aromatic heterocycles. The number of carbonyl (C=O) groups excluding carboxylic acids is 1. The monoisotopic (exact) mass is 1470 g/mol. The molecule has 40 heteroatoms. The molecule has 5 aromatic rings. The van der Waals surface area contributed by atoms with Gasteiger partial charge in [0, 0.05) is 161 Å². The number of hydrogen-bond acceptors (Lipinski definition) is 22. The Morgan fingerprint density at radius 2 is 0.792 bits per heavy atom. The average molecular weight is 1470 g/mol. The predicted molar refractivity (Wildman–Crippen MR) is 328 cm³/mol. The smallest absolute Gasteiger partial charge is 0.376 e. The zero-order valence-corrected chi connectivity index (χ0v) is 55.1. The van der Waals surface area contributed by atoms with Gasteiger partial charge in [0.1, 0.15) is 12.0 Å². The number of rotatable bonds is 15. The van der Waals surface area contributed by atoms with E-state index in [0.29, 0.717) is 112 Å². The maximum Gasteiger partial charge on any atom is 0.451 e. The van der Waals surface area contributed by atoms with Crippen molar-refractivity contribution in [3.8, 4) is 0 Å². The first-order chi connectivity index (χ1) is 47.4. The van der Waals surface area contributed by atoms with Crippen LogP contribution in [0.4, 0.5) is 79.0 Å². The number of nitrogens with zero attached hydrogens (tertiary/aromatic N) is 15. The molecule has 5 fully saturated rings. The largest absolute Gasteiger partial charge is 0.451 e. The lowest BCUT2D eigenvalue weighted by Gasteiger charge is -2.39. The van der Waals surface area contributed by atoms with Crippen LogP contribution < -0.4 is 28.7 Å². The Morgan fingerprint density at radius 1 is 0.446 bits per heavy atom. The molecule has 0 spiro atoms. The van der Waals surface area contributed by atoms with Gasteiger partial charge in [-0.15, -0.1) is 0 Å². The van der Waals surface area contributed by atoms with Crippen LogP contribution in [0.25, 0.3) is 0 Å². The molecule has 5 aliphatic heterocycles. The topological polar surface area (TPSA) is 302 Å². The van der Waals surface area contributed by atoms with Gasteiger partial charge in [0.25, 0.3) is 5.92 Å². The van der Waals surface area contributed by atoms with Crippen molar-refractivity contribution in [3.63, 3.8) is 0 Å². The van der Waals surface area contributed by atoms with Gasteiger partial charge in [0.15, 0.2) is 0 Å². The van der Waals surface area contributed by atoms with Crippen molar-refractivity contribution >= 4 is 5.78 Å². The van der Waals surface area contributed by atoms with Gasteiger partial charge in [0.05, 0.1) is 56.0 Å². The summed E-state index contributed by atoms with van der Waals surface area (Å²) in [6, 6.07) is -1.23. The van der Waals surface area contributed by atoms with E-state index in [-0.39, 0.29) is 75.2 Å². The number of alkyl halides is 18. The van der Waals surface area contributed by atoms with Crippen molar-refractivity contribution < 1.29 is 88.6 Å². The molecule has 5 saturated heterocycles. The van der Waals surface area contributed by atoms with E-state index in [1.54, 1.807) is 0 Å². The number of piperidine rings is 4. The first-order valence-corrected chi connectivity index (χ1v) is 32.2. The highest BCUT2D eigenvalue weighted by molar-refractivity contribution is 5.81. The highest BCUT2D eigenvalue weighted by Gasteiger charge is 2.42. The fourth-order valence-electron chi connectivity index (χ4n) is 12.1. The average Bonchev–Trinajstić information content (AvgIpc) is 0.839. The first-order valence-electron chi connectivity index (χ1n) is 32.2. The number of nitrogens with two attached hydrogens (primary N) is 5. The molecule has 8 unspecified atom stereocenters. The SMILES string of the molecule is CC1CCCCN1C(CN)c1cnc(C(F)(F)F)nc1.CC1CN(C(CN)c2cnc(C(F)(F)F)nc2)CCO1.NCC(c1cnc(C(F)(F)F)nc1)N1CCCC(=O)C1.NCC(c1cnc(C(F)(F)F)nc1)N1CCCC(F)(F)C1.NCC(c1cnc(C(F)(F)F)nc1)N1CCCC(F)C1.